The topological polar surface area (TPSA) is 65.0 Å². The maximum atomic E-state index is 12.7. The van der Waals surface area contributed by atoms with Gasteiger partial charge in [0.25, 0.3) is 0 Å². The van der Waals surface area contributed by atoms with E-state index in [-0.39, 0.29) is 11.7 Å². The van der Waals surface area contributed by atoms with Crippen LogP contribution in [-0.4, -0.2) is 17.7 Å². The highest BCUT2D eigenvalue weighted by atomic mass is 16.6. The summed E-state index contributed by atoms with van der Waals surface area (Å²) in [5, 5.41) is 9.94. The van der Waals surface area contributed by atoms with E-state index >= 15 is 0 Å². The molecule has 0 amide bonds. The molecule has 27 heavy (non-hydrogen) atoms. The number of ether oxygens (including phenoxy) is 3. The van der Waals surface area contributed by atoms with E-state index in [1.165, 1.54) is 6.07 Å². The number of aromatic hydroxyl groups is 1. The highest BCUT2D eigenvalue weighted by Gasteiger charge is 2.53. The molecule has 2 aliphatic heterocycles. The molecule has 5 heteroatoms. The summed E-state index contributed by atoms with van der Waals surface area (Å²) in [5.41, 5.74) is 1.57. The van der Waals surface area contributed by atoms with Crippen LogP contribution in [0.2, 0.25) is 0 Å². The number of phenolic OH excluding ortho intramolecular Hbond substituents is 1. The first-order chi connectivity index (χ1) is 13.1. The van der Waals surface area contributed by atoms with Gasteiger partial charge in [-0.1, -0.05) is 18.2 Å². The van der Waals surface area contributed by atoms with Gasteiger partial charge in [-0.2, -0.15) is 0 Å². The van der Waals surface area contributed by atoms with Gasteiger partial charge < -0.3 is 19.3 Å². The van der Waals surface area contributed by atoms with Crippen molar-refractivity contribution in [1.82, 2.24) is 0 Å². The Morgan fingerprint density at radius 3 is 2.52 bits per heavy atom. The second kappa shape index (κ2) is 5.51. The van der Waals surface area contributed by atoms with E-state index in [9.17, 15) is 9.90 Å². The maximum absolute atomic E-state index is 12.7. The molecule has 3 aromatic rings. The molecule has 3 aromatic carbocycles. The van der Waals surface area contributed by atoms with E-state index < -0.39 is 5.60 Å². The number of hydrogen-bond acceptors (Lipinski definition) is 5. The SMILES string of the molecule is CCOc1ccc2c(c1)Oc1cc(O)ccc1C21OC(=O)c2ccccc21. The fourth-order valence-electron chi connectivity index (χ4n) is 3.90. The average Bonchev–Trinajstić information content (AvgIpc) is 2.95. The molecule has 0 bridgehead atoms. The zero-order valence-corrected chi connectivity index (χ0v) is 14.6. The molecule has 0 saturated carbocycles. The largest absolute Gasteiger partial charge is 0.508 e. The molecule has 0 radical (unpaired) electrons. The Hall–Kier alpha value is -3.47. The summed E-state index contributed by atoms with van der Waals surface area (Å²) >= 11 is 0. The molecule has 1 unspecified atom stereocenters. The molecule has 0 fully saturated rings. The number of phenols is 1. The van der Waals surface area contributed by atoms with Gasteiger partial charge >= 0.3 is 5.97 Å². The Bertz CT molecular complexity index is 1090. The van der Waals surface area contributed by atoms with Crippen LogP contribution < -0.4 is 9.47 Å². The first kappa shape index (κ1) is 15.8. The van der Waals surface area contributed by atoms with Gasteiger partial charge in [-0.15, -0.1) is 0 Å². The first-order valence-electron chi connectivity index (χ1n) is 8.75. The standard InChI is InChI=1S/C22H16O5/c1-2-25-14-8-10-18-20(12-14)26-19-11-13(23)7-9-17(19)22(18)16-6-4-3-5-15(16)21(24)27-22/h3-12,23H,2H2,1H3. The van der Waals surface area contributed by atoms with Gasteiger partial charge in [0, 0.05) is 28.8 Å². The molecular weight excluding hydrogens is 344 g/mol. The lowest BCUT2D eigenvalue weighted by molar-refractivity contribution is 0.0224. The summed E-state index contributed by atoms with van der Waals surface area (Å²) in [5.74, 6) is 1.33. The molecule has 5 rings (SSSR count). The molecule has 1 spiro atoms. The third-order valence-corrected chi connectivity index (χ3v) is 4.98. The lowest BCUT2D eigenvalue weighted by Gasteiger charge is -2.36. The fraction of sp³-hybridized carbons (Fsp3) is 0.136. The Morgan fingerprint density at radius 1 is 0.963 bits per heavy atom. The summed E-state index contributed by atoms with van der Waals surface area (Å²) < 4.78 is 17.7. The maximum Gasteiger partial charge on any atom is 0.340 e. The minimum Gasteiger partial charge on any atom is -0.508 e. The minimum absolute atomic E-state index is 0.0749. The lowest BCUT2D eigenvalue weighted by atomic mass is 9.77. The van der Waals surface area contributed by atoms with Crippen molar-refractivity contribution in [2.24, 2.45) is 0 Å². The Labute approximate surface area is 155 Å². The second-order valence-electron chi connectivity index (χ2n) is 6.49. The second-order valence-corrected chi connectivity index (χ2v) is 6.49. The van der Waals surface area contributed by atoms with E-state index in [0.29, 0.717) is 35.0 Å². The predicted octanol–water partition coefficient (Wildman–Crippen LogP) is 4.36. The molecule has 134 valence electrons. The van der Waals surface area contributed by atoms with Crippen LogP contribution in [0.5, 0.6) is 23.0 Å². The van der Waals surface area contributed by atoms with Crippen LogP contribution in [0.4, 0.5) is 0 Å². The monoisotopic (exact) mass is 360 g/mol. The normalized spacial score (nSPS) is 18.9. The highest BCUT2D eigenvalue weighted by molar-refractivity contribution is 5.97. The number of carbonyl (C=O) groups excluding carboxylic acids is 1. The molecule has 1 N–H and O–H groups in total. The third-order valence-electron chi connectivity index (χ3n) is 4.98. The molecule has 0 aromatic heterocycles. The Morgan fingerprint density at radius 2 is 1.70 bits per heavy atom. The molecule has 5 nitrogen and oxygen atoms in total. The number of carbonyl (C=O) groups is 1. The molecule has 2 heterocycles. The summed E-state index contributed by atoms with van der Waals surface area (Å²) in [6.07, 6.45) is 0. The van der Waals surface area contributed by atoms with Gasteiger partial charge in [0.05, 0.1) is 12.2 Å². The molecule has 0 saturated heterocycles. The average molecular weight is 360 g/mol. The van der Waals surface area contributed by atoms with Gasteiger partial charge in [-0.25, -0.2) is 4.79 Å². The number of benzene rings is 3. The van der Waals surface area contributed by atoms with E-state index in [2.05, 4.69) is 0 Å². The summed E-state index contributed by atoms with van der Waals surface area (Å²) in [4.78, 5) is 12.7. The molecule has 2 aliphatic rings. The number of rotatable bonds is 2. The highest BCUT2D eigenvalue weighted by Crippen LogP contribution is 2.56. The van der Waals surface area contributed by atoms with E-state index in [1.807, 2.05) is 37.3 Å². The van der Waals surface area contributed by atoms with Gasteiger partial charge in [0.15, 0.2) is 5.60 Å². The smallest absolute Gasteiger partial charge is 0.340 e. The van der Waals surface area contributed by atoms with Crippen molar-refractivity contribution in [2.75, 3.05) is 6.61 Å². The quantitative estimate of drug-likeness (QED) is 0.688. The van der Waals surface area contributed by atoms with Gasteiger partial charge in [0.1, 0.15) is 23.0 Å². The van der Waals surface area contributed by atoms with Crippen molar-refractivity contribution in [1.29, 1.82) is 0 Å². The van der Waals surface area contributed by atoms with Gasteiger partial charge in [-0.05, 0) is 37.3 Å². The summed E-state index contributed by atoms with van der Waals surface area (Å²) in [6, 6.07) is 17.7. The van der Waals surface area contributed by atoms with E-state index in [1.54, 1.807) is 24.3 Å². The van der Waals surface area contributed by atoms with E-state index in [4.69, 9.17) is 14.2 Å². The van der Waals surface area contributed by atoms with Crippen molar-refractivity contribution in [3.8, 4) is 23.0 Å². The van der Waals surface area contributed by atoms with Gasteiger partial charge in [0.2, 0.25) is 0 Å². The van der Waals surface area contributed by atoms with Crippen LogP contribution in [0.1, 0.15) is 34.0 Å². The van der Waals surface area contributed by atoms with Crippen LogP contribution >= 0.6 is 0 Å². The predicted molar refractivity (Wildman–Crippen MR) is 97.5 cm³/mol. The van der Waals surface area contributed by atoms with Crippen LogP contribution in [0.3, 0.4) is 0 Å². The lowest BCUT2D eigenvalue weighted by Crippen LogP contribution is -2.32. The third kappa shape index (κ3) is 2.08. The number of esters is 1. The van der Waals surface area contributed by atoms with Crippen molar-refractivity contribution < 1.29 is 24.1 Å². The molecular formula is C22H16O5. The van der Waals surface area contributed by atoms with Gasteiger partial charge in [-0.3, -0.25) is 0 Å². The Kier molecular flexibility index (Phi) is 3.22. The fourth-order valence-corrected chi connectivity index (χ4v) is 3.90. The van der Waals surface area contributed by atoms with E-state index in [0.717, 1.165) is 11.1 Å². The number of fused-ring (bicyclic) bond motifs is 6. The van der Waals surface area contributed by atoms with Crippen molar-refractivity contribution in [3.05, 3.63) is 82.9 Å². The van der Waals surface area contributed by atoms with Crippen LogP contribution in [0, 0.1) is 0 Å². The molecule has 1 atom stereocenters. The minimum atomic E-state index is -1.12. The van der Waals surface area contributed by atoms with Crippen molar-refractivity contribution in [2.45, 2.75) is 12.5 Å². The van der Waals surface area contributed by atoms with Crippen molar-refractivity contribution >= 4 is 5.97 Å². The first-order valence-corrected chi connectivity index (χ1v) is 8.75. The zero-order valence-electron chi connectivity index (χ0n) is 14.6. The van der Waals surface area contributed by atoms with Crippen LogP contribution in [0.25, 0.3) is 0 Å². The summed E-state index contributed by atoms with van der Waals surface area (Å²) in [6.45, 7) is 2.43. The zero-order chi connectivity index (χ0) is 18.6. The van der Waals surface area contributed by atoms with Crippen LogP contribution in [-0.2, 0) is 10.3 Å². The summed E-state index contributed by atoms with van der Waals surface area (Å²) in [7, 11) is 0. The van der Waals surface area contributed by atoms with Crippen LogP contribution in [0.15, 0.2) is 60.7 Å². The Balaban J connectivity index is 1.84. The number of hydrogen-bond donors (Lipinski definition) is 1. The van der Waals surface area contributed by atoms with Crippen molar-refractivity contribution in [3.63, 3.8) is 0 Å². The molecule has 0 aliphatic carbocycles.